The highest BCUT2D eigenvalue weighted by atomic mass is 31.2. The predicted molar refractivity (Wildman–Crippen MR) is 46.1 cm³/mol. The van der Waals surface area contributed by atoms with Crippen LogP contribution in [0.15, 0.2) is 0 Å². The van der Waals surface area contributed by atoms with Crippen LogP contribution < -0.4 is 14.7 Å². The van der Waals surface area contributed by atoms with Crippen LogP contribution >= 0.6 is 15.7 Å². The highest BCUT2D eigenvalue weighted by Gasteiger charge is 2.34. The van der Waals surface area contributed by atoms with Crippen LogP contribution in [-0.2, 0) is 4.57 Å². The van der Waals surface area contributed by atoms with Crippen molar-refractivity contribution in [3.63, 3.8) is 0 Å². The predicted octanol–water partition coefficient (Wildman–Crippen LogP) is -0.297. The van der Waals surface area contributed by atoms with Crippen LogP contribution in [0.5, 0.6) is 0 Å². The second-order valence-electron chi connectivity index (χ2n) is 2.07. The van der Waals surface area contributed by atoms with Crippen molar-refractivity contribution in [3.8, 4) is 0 Å². The van der Waals surface area contributed by atoms with Crippen molar-refractivity contribution in [1.82, 2.24) is 0 Å². The first-order valence-corrected chi connectivity index (χ1v) is 7.16. The SMILES string of the molecule is CC[P+3](CC)CC.O=P([O-])([O-])[O-]. The third kappa shape index (κ3) is 22.4. The lowest BCUT2D eigenvalue weighted by molar-refractivity contribution is -0.432. The topological polar surface area (TPSA) is 86.2 Å². The van der Waals surface area contributed by atoms with Gasteiger partial charge in [0, 0.05) is 0 Å². The summed E-state index contributed by atoms with van der Waals surface area (Å²) in [6.45, 7) is 6.87. The number of hydrogen-bond acceptors (Lipinski definition) is 4. The van der Waals surface area contributed by atoms with E-state index in [-0.39, 0.29) is 0 Å². The fourth-order valence-corrected chi connectivity index (χ4v) is 2.01. The van der Waals surface area contributed by atoms with Crippen LogP contribution in [0.2, 0.25) is 0 Å². The van der Waals surface area contributed by atoms with Gasteiger partial charge >= 0.3 is 26.4 Å². The quantitative estimate of drug-likeness (QED) is 0.602. The summed E-state index contributed by atoms with van der Waals surface area (Å²) < 4.78 is 8.55. The lowest BCUT2D eigenvalue weighted by Crippen LogP contribution is -2.24. The van der Waals surface area contributed by atoms with Crippen LogP contribution in [0, 0.1) is 0 Å². The molecule has 3 radical (unpaired) electrons. The molecule has 73 valence electrons. The molecule has 0 saturated heterocycles. The molecule has 0 saturated carbocycles. The molecule has 0 aromatic heterocycles. The molecule has 0 aromatic carbocycles. The van der Waals surface area contributed by atoms with Gasteiger partial charge in [0.15, 0.2) is 0 Å². The monoisotopic (exact) mass is 213 g/mol. The maximum Gasteiger partial charge on any atom is 0.468 e. The van der Waals surface area contributed by atoms with E-state index in [4.69, 9.17) is 19.2 Å². The Kier molecular flexibility index (Phi) is 10.2. The first-order valence-electron chi connectivity index (χ1n) is 3.80. The van der Waals surface area contributed by atoms with Crippen molar-refractivity contribution in [2.45, 2.75) is 20.8 Å². The molecule has 4 nitrogen and oxygen atoms in total. The normalized spacial score (nSPS) is 10.9. The Labute approximate surface area is 75.0 Å². The highest BCUT2D eigenvalue weighted by molar-refractivity contribution is 7.57. The Hall–Kier alpha value is 0.540. The lowest BCUT2D eigenvalue weighted by atomic mass is 10.9. The molecule has 0 fully saturated rings. The minimum Gasteiger partial charge on any atom is -0.822 e. The fraction of sp³-hybridized carbons (Fsp3) is 1.00. The van der Waals surface area contributed by atoms with E-state index in [9.17, 15) is 0 Å². The summed E-state index contributed by atoms with van der Waals surface area (Å²) in [5, 5.41) is 0. The van der Waals surface area contributed by atoms with Crippen molar-refractivity contribution in [1.29, 1.82) is 0 Å². The van der Waals surface area contributed by atoms with E-state index < -0.39 is 7.82 Å². The van der Waals surface area contributed by atoms with Gasteiger partial charge in [-0.1, -0.05) is 0 Å². The van der Waals surface area contributed by atoms with Gasteiger partial charge in [-0.3, -0.25) is 0 Å². The molecule has 0 aliphatic carbocycles. The maximum atomic E-state index is 8.55. The van der Waals surface area contributed by atoms with Crippen molar-refractivity contribution >= 4 is 15.7 Å². The summed E-state index contributed by atoms with van der Waals surface area (Å²) in [4.78, 5) is 25.6. The third-order valence-corrected chi connectivity index (χ3v) is 4.02. The zero-order valence-corrected chi connectivity index (χ0v) is 9.44. The zero-order chi connectivity index (χ0) is 10.2. The molecule has 12 heavy (non-hydrogen) atoms. The first kappa shape index (κ1) is 15.0. The van der Waals surface area contributed by atoms with Gasteiger partial charge < -0.3 is 19.2 Å². The third-order valence-electron chi connectivity index (χ3n) is 1.34. The Balaban J connectivity index is 0. The fourth-order valence-electron chi connectivity index (χ4n) is 0.671. The molecule has 0 heterocycles. The van der Waals surface area contributed by atoms with Gasteiger partial charge in [0.2, 0.25) is 0 Å². The van der Waals surface area contributed by atoms with Crippen LogP contribution in [0.4, 0.5) is 0 Å². The Morgan fingerprint density at radius 1 is 1.00 bits per heavy atom. The molecular weight excluding hydrogens is 198 g/mol. The second-order valence-corrected chi connectivity index (χ2v) is 6.20. The molecule has 0 atom stereocenters. The largest absolute Gasteiger partial charge is 0.822 e. The first-order chi connectivity index (χ1) is 5.35. The van der Waals surface area contributed by atoms with Crippen molar-refractivity contribution in [3.05, 3.63) is 0 Å². The van der Waals surface area contributed by atoms with Gasteiger partial charge in [-0.15, -0.1) is 0 Å². The molecule has 0 unspecified atom stereocenters. The number of hydrogen-bond donors (Lipinski definition) is 0. The highest BCUT2D eigenvalue weighted by Crippen LogP contribution is 2.32. The molecule has 0 aliphatic heterocycles. The van der Waals surface area contributed by atoms with Gasteiger partial charge in [-0.25, -0.2) is 0 Å². The zero-order valence-electron chi connectivity index (χ0n) is 7.65. The number of rotatable bonds is 3. The van der Waals surface area contributed by atoms with Gasteiger partial charge in [-0.05, 0) is 0 Å². The van der Waals surface area contributed by atoms with Gasteiger partial charge in [-0.2, -0.15) is 7.82 Å². The van der Waals surface area contributed by atoms with E-state index in [1.54, 1.807) is 0 Å². The standard InChI is InChI=1S/C6H15P.H3O4P/c1-4-7(5-2)6-3;1-5(2,3)4/h4-6H2,1-3H3;(H3,1,2,3,4)/q+3;/p-3. The van der Waals surface area contributed by atoms with E-state index in [1.807, 2.05) is 0 Å². The van der Waals surface area contributed by atoms with Crippen LogP contribution in [0.3, 0.4) is 0 Å². The molecule has 0 spiro atoms. The van der Waals surface area contributed by atoms with Gasteiger partial charge in [0.25, 0.3) is 0 Å². The van der Waals surface area contributed by atoms with E-state index in [2.05, 4.69) is 20.8 Å². The van der Waals surface area contributed by atoms with Crippen molar-refractivity contribution in [2.75, 3.05) is 18.5 Å². The molecule has 0 amide bonds. The van der Waals surface area contributed by atoms with E-state index >= 15 is 0 Å². The average Bonchev–Trinajstić information content (AvgIpc) is 1.88. The lowest BCUT2D eigenvalue weighted by Gasteiger charge is -2.36. The van der Waals surface area contributed by atoms with Crippen LogP contribution in [0.1, 0.15) is 20.8 Å². The molecule has 0 aromatic rings. The summed E-state index contributed by atoms with van der Waals surface area (Å²) in [6.07, 6.45) is 4.26. The van der Waals surface area contributed by atoms with Crippen LogP contribution in [0.25, 0.3) is 0 Å². The Bertz CT molecular complexity index is 116. The number of phosphoric acid groups is 1. The van der Waals surface area contributed by atoms with Gasteiger partial charge in [0.1, 0.15) is 0 Å². The van der Waals surface area contributed by atoms with E-state index in [0.717, 1.165) is 0 Å². The molecule has 0 rings (SSSR count). The van der Waals surface area contributed by atoms with Crippen LogP contribution in [-0.4, -0.2) is 18.5 Å². The summed E-state index contributed by atoms with van der Waals surface area (Å²) in [6, 6.07) is 0. The minimum absolute atomic E-state index is 0.446. The smallest absolute Gasteiger partial charge is 0.468 e. The summed E-state index contributed by atoms with van der Waals surface area (Å²) in [5.74, 6) is 0. The molecular formula is C6H15O4P2. The molecule has 6 heteroatoms. The van der Waals surface area contributed by atoms with Crippen molar-refractivity contribution in [2.24, 2.45) is 0 Å². The summed E-state index contributed by atoms with van der Waals surface area (Å²) in [5.41, 5.74) is 0. The average molecular weight is 213 g/mol. The Morgan fingerprint density at radius 3 is 1.17 bits per heavy atom. The Morgan fingerprint density at radius 2 is 1.17 bits per heavy atom. The van der Waals surface area contributed by atoms with E-state index in [1.165, 1.54) is 18.5 Å². The minimum atomic E-state index is -5.39. The van der Waals surface area contributed by atoms with E-state index in [0.29, 0.717) is 7.92 Å². The summed E-state index contributed by atoms with van der Waals surface area (Å²) >= 11 is 0. The van der Waals surface area contributed by atoms with Crippen molar-refractivity contribution < 1.29 is 19.2 Å². The summed E-state index contributed by atoms with van der Waals surface area (Å²) in [7, 11) is -4.94. The van der Waals surface area contributed by atoms with Gasteiger partial charge in [0.05, 0.1) is 20.8 Å². The molecule has 0 aliphatic rings. The molecule has 0 bridgehead atoms. The maximum absolute atomic E-state index is 8.55. The second kappa shape index (κ2) is 8.15. The molecule has 0 N–H and O–H groups in total.